The van der Waals surface area contributed by atoms with Crippen molar-refractivity contribution in [2.45, 2.75) is 18.9 Å². The second-order valence-corrected chi connectivity index (χ2v) is 5.52. The number of rotatable bonds is 2. The second-order valence-electron chi connectivity index (χ2n) is 4.67. The molecule has 1 fully saturated rings. The molecule has 1 saturated heterocycles. The van der Waals surface area contributed by atoms with Crippen LogP contribution in [-0.4, -0.2) is 22.6 Å². The molecule has 1 unspecified atom stereocenters. The Bertz CT molecular complexity index is 529. The molecule has 1 aromatic carbocycles. The highest BCUT2D eigenvalue weighted by atomic mass is 79.9. The lowest BCUT2D eigenvalue weighted by Crippen LogP contribution is -2.31. The zero-order chi connectivity index (χ0) is 12.4. The van der Waals surface area contributed by atoms with Crippen molar-refractivity contribution >= 4 is 15.9 Å². The van der Waals surface area contributed by atoms with Gasteiger partial charge in [-0.1, -0.05) is 34.1 Å². The highest BCUT2D eigenvalue weighted by molar-refractivity contribution is 9.10. The molecule has 3 rings (SSSR count). The van der Waals surface area contributed by atoms with Gasteiger partial charge in [0, 0.05) is 22.6 Å². The molecule has 0 radical (unpaired) electrons. The summed E-state index contributed by atoms with van der Waals surface area (Å²) in [6, 6.07) is 8.83. The van der Waals surface area contributed by atoms with E-state index in [1.807, 2.05) is 18.6 Å². The smallest absolute Gasteiger partial charge is 0.0954 e. The van der Waals surface area contributed by atoms with E-state index in [0.29, 0.717) is 6.04 Å². The Balaban J connectivity index is 1.98. The summed E-state index contributed by atoms with van der Waals surface area (Å²) in [5.41, 5.74) is 2.40. The number of nitrogens with one attached hydrogen (secondary N) is 1. The van der Waals surface area contributed by atoms with Crippen molar-refractivity contribution in [1.29, 1.82) is 0 Å². The molecule has 0 aliphatic carbocycles. The predicted octanol–water partition coefficient (Wildman–Crippen LogP) is 3.24. The lowest BCUT2D eigenvalue weighted by molar-refractivity contribution is 0.373. The molecule has 3 nitrogen and oxygen atoms in total. The molecule has 2 heterocycles. The number of imidazole rings is 1. The average Bonchev–Trinajstić information content (AvgIpc) is 2.89. The summed E-state index contributed by atoms with van der Waals surface area (Å²) in [5, 5.41) is 3.46. The van der Waals surface area contributed by atoms with Gasteiger partial charge in [-0.15, -0.1) is 0 Å². The van der Waals surface area contributed by atoms with Gasteiger partial charge in [0.1, 0.15) is 0 Å². The summed E-state index contributed by atoms with van der Waals surface area (Å²) < 4.78 is 3.42. The third-order valence-corrected chi connectivity index (χ3v) is 4.17. The van der Waals surface area contributed by atoms with Crippen LogP contribution in [0.5, 0.6) is 0 Å². The molecule has 1 aromatic heterocycles. The van der Waals surface area contributed by atoms with Gasteiger partial charge in [-0.25, -0.2) is 4.98 Å². The first-order valence-electron chi connectivity index (χ1n) is 6.34. The molecule has 4 heteroatoms. The summed E-state index contributed by atoms with van der Waals surface area (Å²) >= 11 is 3.62. The standard InChI is InChI=1S/C14H16BrN3/c15-13-6-2-1-5-12(13)14-9-17-10-18(14)11-4-3-7-16-8-11/h1-2,5-6,9-11,16H,3-4,7-8H2. The molecule has 1 atom stereocenters. The van der Waals surface area contributed by atoms with E-state index in [1.165, 1.54) is 24.1 Å². The summed E-state index contributed by atoms with van der Waals surface area (Å²) in [5.74, 6) is 0. The maximum absolute atomic E-state index is 4.33. The van der Waals surface area contributed by atoms with Gasteiger partial charge in [0.2, 0.25) is 0 Å². The third kappa shape index (κ3) is 2.22. The summed E-state index contributed by atoms with van der Waals surface area (Å²) in [7, 11) is 0. The molecule has 0 amide bonds. The van der Waals surface area contributed by atoms with E-state index in [9.17, 15) is 0 Å². The van der Waals surface area contributed by atoms with Gasteiger partial charge in [-0.2, -0.15) is 0 Å². The number of aromatic nitrogens is 2. The molecule has 1 N–H and O–H groups in total. The van der Waals surface area contributed by atoms with E-state index >= 15 is 0 Å². The fourth-order valence-corrected chi connectivity index (χ4v) is 3.03. The third-order valence-electron chi connectivity index (χ3n) is 3.48. The Hall–Kier alpha value is -1.13. The molecule has 0 bridgehead atoms. The zero-order valence-corrected chi connectivity index (χ0v) is 11.7. The Morgan fingerprint density at radius 3 is 3.00 bits per heavy atom. The fourth-order valence-electron chi connectivity index (χ4n) is 2.54. The molecule has 1 aliphatic rings. The molecule has 2 aromatic rings. The first-order chi connectivity index (χ1) is 8.86. The van der Waals surface area contributed by atoms with E-state index < -0.39 is 0 Å². The first-order valence-corrected chi connectivity index (χ1v) is 7.13. The summed E-state index contributed by atoms with van der Waals surface area (Å²) in [4.78, 5) is 4.33. The maximum atomic E-state index is 4.33. The predicted molar refractivity (Wildman–Crippen MR) is 76.5 cm³/mol. The largest absolute Gasteiger partial charge is 0.326 e. The van der Waals surface area contributed by atoms with Gasteiger partial charge in [0.15, 0.2) is 0 Å². The number of hydrogen-bond acceptors (Lipinski definition) is 2. The highest BCUT2D eigenvalue weighted by Gasteiger charge is 2.18. The van der Waals surface area contributed by atoms with Gasteiger partial charge < -0.3 is 9.88 Å². The van der Waals surface area contributed by atoms with Crippen LogP contribution in [0.15, 0.2) is 41.3 Å². The minimum absolute atomic E-state index is 0.517. The molecule has 1 aliphatic heterocycles. The van der Waals surface area contributed by atoms with Crippen LogP contribution in [-0.2, 0) is 0 Å². The minimum Gasteiger partial charge on any atom is -0.326 e. The van der Waals surface area contributed by atoms with Crippen LogP contribution in [0.1, 0.15) is 18.9 Å². The number of hydrogen-bond donors (Lipinski definition) is 1. The molecular formula is C14H16BrN3. The van der Waals surface area contributed by atoms with Gasteiger partial charge in [0.05, 0.1) is 18.2 Å². The van der Waals surface area contributed by atoms with Crippen molar-refractivity contribution in [3.05, 3.63) is 41.3 Å². The van der Waals surface area contributed by atoms with Crippen molar-refractivity contribution in [1.82, 2.24) is 14.9 Å². The lowest BCUT2D eigenvalue weighted by atomic mass is 10.1. The normalized spacial score (nSPS) is 19.9. The number of piperidine rings is 1. The van der Waals surface area contributed by atoms with E-state index in [2.05, 4.69) is 49.0 Å². The molecule has 0 saturated carbocycles. The van der Waals surface area contributed by atoms with Crippen LogP contribution in [0.2, 0.25) is 0 Å². The fraction of sp³-hybridized carbons (Fsp3) is 0.357. The maximum Gasteiger partial charge on any atom is 0.0954 e. The van der Waals surface area contributed by atoms with Crippen LogP contribution in [0.4, 0.5) is 0 Å². The van der Waals surface area contributed by atoms with Crippen molar-refractivity contribution in [2.75, 3.05) is 13.1 Å². The number of benzene rings is 1. The Kier molecular flexibility index (Phi) is 3.48. The monoisotopic (exact) mass is 305 g/mol. The van der Waals surface area contributed by atoms with Gasteiger partial charge in [-0.05, 0) is 25.5 Å². The van der Waals surface area contributed by atoms with Crippen LogP contribution >= 0.6 is 15.9 Å². The Morgan fingerprint density at radius 2 is 2.22 bits per heavy atom. The molecule has 94 valence electrons. The quantitative estimate of drug-likeness (QED) is 0.923. The van der Waals surface area contributed by atoms with E-state index in [-0.39, 0.29) is 0 Å². The first kappa shape index (κ1) is 11.9. The van der Waals surface area contributed by atoms with Crippen LogP contribution in [0.25, 0.3) is 11.3 Å². The Morgan fingerprint density at radius 1 is 1.33 bits per heavy atom. The van der Waals surface area contributed by atoms with Crippen molar-refractivity contribution in [3.63, 3.8) is 0 Å². The molecule has 0 spiro atoms. The highest BCUT2D eigenvalue weighted by Crippen LogP contribution is 2.30. The van der Waals surface area contributed by atoms with Crippen molar-refractivity contribution < 1.29 is 0 Å². The summed E-state index contributed by atoms with van der Waals surface area (Å²) in [6.45, 7) is 2.17. The van der Waals surface area contributed by atoms with E-state index in [1.54, 1.807) is 0 Å². The van der Waals surface area contributed by atoms with E-state index in [4.69, 9.17) is 0 Å². The summed E-state index contributed by atoms with van der Waals surface area (Å²) in [6.07, 6.45) is 6.36. The average molecular weight is 306 g/mol. The molecular weight excluding hydrogens is 290 g/mol. The number of halogens is 1. The lowest BCUT2D eigenvalue weighted by Gasteiger charge is -2.25. The van der Waals surface area contributed by atoms with Crippen LogP contribution in [0, 0.1) is 0 Å². The van der Waals surface area contributed by atoms with E-state index in [0.717, 1.165) is 17.6 Å². The van der Waals surface area contributed by atoms with Crippen LogP contribution < -0.4 is 5.32 Å². The van der Waals surface area contributed by atoms with Crippen LogP contribution in [0.3, 0.4) is 0 Å². The Labute approximate surface area is 115 Å². The number of nitrogens with zero attached hydrogens (tertiary/aromatic N) is 2. The molecule has 18 heavy (non-hydrogen) atoms. The van der Waals surface area contributed by atoms with Crippen molar-refractivity contribution in [2.24, 2.45) is 0 Å². The minimum atomic E-state index is 0.517. The topological polar surface area (TPSA) is 29.9 Å². The van der Waals surface area contributed by atoms with Gasteiger partial charge >= 0.3 is 0 Å². The van der Waals surface area contributed by atoms with Gasteiger partial charge in [-0.3, -0.25) is 0 Å². The second kappa shape index (κ2) is 5.24. The van der Waals surface area contributed by atoms with Crippen molar-refractivity contribution in [3.8, 4) is 11.3 Å². The SMILES string of the molecule is Brc1ccccc1-c1cncn1C1CCCNC1. The van der Waals surface area contributed by atoms with Gasteiger partial charge in [0.25, 0.3) is 0 Å². The zero-order valence-electron chi connectivity index (χ0n) is 10.1.